The SMILES string of the molecule is CCc1ccc(C(N)CS(=O)(=O)CC(=O)OC)cc1. The first-order valence-electron chi connectivity index (χ1n) is 5.99. The van der Waals surface area contributed by atoms with Crippen molar-refractivity contribution in [3.05, 3.63) is 35.4 Å². The highest BCUT2D eigenvalue weighted by molar-refractivity contribution is 7.92. The third-order valence-electron chi connectivity index (χ3n) is 2.82. The van der Waals surface area contributed by atoms with Gasteiger partial charge in [-0.05, 0) is 17.5 Å². The van der Waals surface area contributed by atoms with Crippen LogP contribution in [0.5, 0.6) is 0 Å². The Kier molecular flexibility index (Phi) is 5.50. The van der Waals surface area contributed by atoms with E-state index in [9.17, 15) is 13.2 Å². The van der Waals surface area contributed by atoms with Gasteiger partial charge in [-0.15, -0.1) is 0 Å². The molecule has 0 aliphatic rings. The van der Waals surface area contributed by atoms with Gasteiger partial charge in [0, 0.05) is 6.04 Å². The van der Waals surface area contributed by atoms with Crippen LogP contribution in [0.15, 0.2) is 24.3 Å². The maximum Gasteiger partial charge on any atom is 0.320 e. The number of carbonyl (C=O) groups is 1. The summed E-state index contributed by atoms with van der Waals surface area (Å²) in [6.07, 6.45) is 0.913. The quantitative estimate of drug-likeness (QED) is 0.783. The monoisotopic (exact) mass is 285 g/mol. The van der Waals surface area contributed by atoms with E-state index in [0.717, 1.165) is 24.7 Å². The minimum absolute atomic E-state index is 0.270. The predicted molar refractivity (Wildman–Crippen MR) is 73.4 cm³/mol. The topological polar surface area (TPSA) is 86.5 Å². The fraction of sp³-hybridized carbons (Fsp3) is 0.462. The Bertz CT molecular complexity index is 522. The first-order valence-corrected chi connectivity index (χ1v) is 7.81. The van der Waals surface area contributed by atoms with E-state index in [-0.39, 0.29) is 5.75 Å². The highest BCUT2D eigenvalue weighted by Gasteiger charge is 2.21. The Balaban J connectivity index is 2.72. The number of sulfone groups is 1. The number of methoxy groups -OCH3 is 1. The zero-order valence-corrected chi connectivity index (χ0v) is 11.9. The first kappa shape index (κ1) is 15.7. The van der Waals surface area contributed by atoms with Gasteiger partial charge in [-0.2, -0.15) is 0 Å². The normalized spacial score (nSPS) is 13.0. The number of hydrogen-bond acceptors (Lipinski definition) is 5. The molecule has 0 amide bonds. The van der Waals surface area contributed by atoms with Gasteiger partial charge in [-0.25, -0.2) is 8.42 Å². The van der Waals surface area contributed by atoms with Gasteiger partial charge in [0.05, 0.1) is 12.9 Å². The van der Waals surface area contributed by atoms with Crippen LogP contribution < -0.4 is 5.73 Å². The Labute approximate surface area is 113 Å². The van der Waals surface area contributed by atoms with Crippen LogP contribution in [-0.4, -0.2) is 33.0 Å². The van der Waals surface area contributed by atoms with E-state index < -0.39 is 27.6 Å². The Hall–Kier alpha value is -1.40. The molecule has 0 aliphatic heterocycles. The van der Waals surface area contributed by atoms with Crippen molar-refractivity contribution >= 4 is 15.8 Å². The number of hydrogen-bond donors (Lipinski definition) is 1. The number of nitrogens with two attached hydrogens (primary N) is 1. The molecule has 0 radical (unpaired) electrons. The van der Waals surface area contributed by atoms with Gasteiger partial charge in [-0.1, -0.05) is 31.2 Å². The number of benzene rings is 1. The lowest BCUT2D eigenvalue weighted by Crippen LogP contribution is -2.27. The molecule has 1 aromatic carbocycles. The second kappa shape index (κ2) is 6.68. The minimum Gasteiger partial charge on any atom is -0.468 e. The third-order valence-corrected chi connectivity index (χ3v) is 4.36. The summed E-state index contributed by atoms with van der Waals surface area (Å²) in [5.41, 5.74) is 7.76. The van der Waals surface area contributed by atoms with Crippen LogP contribution in [0.2, 0.25) is 0 Å². The lowest BCUT2D eigenvalue weighted by Gasteiger charge is -2.12. The van der Waals surface area contributed by atoms with Crippen molar-refractivity contribution in [3.8, 4) is 0 Å². The summed E-state index contributed by atoms with van der Waals surface area (Å²) in [4.78, 5) is 11.0. The Morgan fingerprint density at radius 3 is 2.37 bits per heavy atom. The largest absolute Gasteiger partial charge is 0.468 e. The van der Waals surface area contributed by atoms with Gasteiger partial charge in [0.2, 0.25) is 0 Å². The molecule has 0 aromatic heterocycles. The summed E-state index contributed by atoms with van der Waals surface area (Å²) in [7, 11) is -2.40. The van der Waals surface area contributed by atoms with Crippen LogP contribution in [-0.2, 0) is 25.8 Å². The molecule has 19 heavy (non-hydrogen) atoms. The van der Waals surface area contributed by atoms with Crippen LogP contribution >= 0.6 is 0 Å². The number of ether oxygens (including phenoxy) is 1. The van der Waals surface area contributed by atoms with Crippen LogP contribution in [0.25, 0.3) is 0 Å². The van der Waals surface area contributed by atoms with E-state index in [0.29, 0.717) is 0 Å². The van der Waals surface area contributed by atoms with E-state index in [2.05, 4.69) is 4.74 Å². The molecule has 1 rings (SSSR count). The van der Waals surface area contributed by atoms with E-state index in [1.54, 1.807) is 0 Å². The summed E-state index contributed by atoms with van der Waals surface area (Å²) in [6.45, 7) is 2.04. The zero-order valence-electron chi connectivity index (χ0n) is 11.1. The Morgan fingerprint density at radius 2 is 1.89 bits per heavy atom. The summed E-state index contributed by atoms with van der Waals surface area (Å²) in [5.74, 6) is -1.67. The van der Waals surface area contributed by atoms with Gasteiger partial charge in [-0.3, -0.25) is 4.79 Å². The molecule has 0 heterocycles. The van der Waals surface area contributed by atoms with Crippen LogP contribution in [0.1, 0.15) is 24.1 Å². The molecule has 0 aliphatic carbocycles. The smallest absolute Gasteiger partial charge is 0.320 e. The van der Waals surface area contributed by atoms with Crippen LogP contribution in [0.4, 0.5) is 0 Å². The van der Waals surface area contributed by atoms with Gasteiger partial charge >= 0.3 is 5.97 Å². The van der Waals surface area contributed by atoms with Gasteiger partial charge in [0.15, 0.2) is 9.84 Å². The molecule has 0 saturated carbocycles. The summed E-state index contributed by atoms with van der Waals surface area (Å²) in [5, 5.41) is 0. The zero-order chi connectivity index (χ0) is 14.5. The van der Waals surface area contributed by atoms with E-state index in [1.807, 2.05) is 31.2 Å². The third kappa shape index (κ3) is 5.00. The van der Waals surface area contributed by atoms with Crippen molar-refractivity contribution in [2.75, 3.05) is 18.6 Å². The second-order valence-electron chi connectivity index (χ2n) is 4.33. The maximum atomic E-state index is 11.7. The lowest BCUT2D eigenvalue weighted by atomic mass is 10.1. The van der Waals surface area contributed by atoms with Gasteiger partial charge < -0.3 is 10.5 Å². The highest BCUT2D eigenvalue weighted by atomic mass is 32.2. The molecule has 1 aromatic rings. The standard InChI is InChI=1S/C13H19NO4S/c1-3-10-4-6-11(7-5-10)12(14)8-19(16,17)9-13(15)18-2/h4-7,12H,3,8-9,14H2,1-2H3. The van der Waals surface area contributed by atoms with Crippen molar-refractivity contribution in [2.45, 2.75) is 19.4 Å². The van der Waals surface area contributed by atoms with Gasteiger partial charge in [0.1, 0.15) is 5.75 Å². The molecule has 0 fully saturated rings. The van der Waals surface area contributed by atoms with Crippen LogP contribution in [0.3, 0.4) is 0 Å². The molecule has 0 saturated heterocycles. The molecule has 1 unspecified atom stereocenters. The number of esters is 1. The molecule has 1 atom stereocenters. The van der Waals surface area contributed by atoms with Crippen molar-refractivity contribution < 1.29 is 17.9 Å². The van der Waals surface area contributed by atoms with Crippen LogP contribution in [0, 0.1) is 0 Å². The summed E-state index contributed by atoms with van der Waals surface area (Å²) in [6, 6.07) is 6.83. The van der Waals surface area contributed by atoms with Crippen molar-refractivity contribution in [2.24, 2.45) is 5.73 Å². The Morgan fingerprint density at radius 1 is 1.32 bits per heavy atom. The average Bonchev–Trinajstić information content (AvgIpc) is 2.37. The molecule has 0 spiro atoms. The molecule has 2 N–H and O–H groups in total. The molecular formula is C13H19NO4S. The molecule has 0 bridgehead atoms. The molecule has 5 nitrogen and oxygen atoms in total. The number of rotatable bonds is 6. The van der Waals surface area contributed by atoms with Gasteiger partial charge in [0.25, 0.3) is 0 Å². The molecule has 106 valence electrons. The van der Waals surface area contributed by atoms with E-state index in [1.165, 1.54) is 0 Å². The molecular weight excluding hydrogens is 266 g/mol. The fourth-order valence-electron chi connectivity index (χ4n) is 1.67. The van der Waals surface area contributed by atoms with Crippen molar-refractivity contribution in [1.29, 1.82) is 0 Å². The lowest BCUT2D eigenvalue weighted by molar-refractivity contribution is -0.137. The highest BCUT2D eigenvalue weighted by Crippen LogP contribution is 2.14. The fourth-order valence-corrected chi connectivity index (χ4v) is 3.00. The van der Waals surface area contributed by atoms with E-state index in [4.69, 9.17) is 5.73 Å². The molecule has 6 heteroatoms. The predicted octanol–water partition coefficient (Wildman–Crippen LogP) is 0.837. The minimum atomic E-state index is -3.56. The van der Waals surface area contributed by atoms with Crippen molar-refractivity contribution in [3.63, 3.8) is 0 Å². The number of aryl methyl sites for hydroxylation is 1. The summed E-state index contributed by atoms with van der Waals surface area (Å²) < 4.78 is 27.8. The second-order valence-corrected chi connectivity index (χ2v) is 6.44. The summed E-state index contributed by atoms with van der Waals surface area (Å²) >= 11 is 0. The number of carbonyl (C=O) groups excluding carboxylic acids is 1. The first-order chi connectivity index (χ1) is 8.88. The maximum absolute atomic E-state index is 11.7. The van der Waals surface area contributed by atoms with Crippen molar-refractivity contribution in [1.82, 2.24) is 0 Å². The average molecular weight is 285 g/mol. The van der Waals surface area contributed by atoms with E-state index >= 15 is 0 Å².